The first-order chi connectivity index (χ1) is 9.69. The van der Waals surface area contributed by atoms with Crippen molar-refractivity contribution in [2.45, 2.75) is 57.9 Å². The van der Waals surface area contributed by atoms with E-state index in [1.165, 1.54) is 0 Å². The van der Waals surface area contributed by atoms with Gasteiger partial charge < -0.3 is 15.6 Å². The van der Waals surface area contributed by atoms with Gasteiger partial charge in [0.25, 0.3) is 5.91 Å². The maximum atomic E-state index is 12.2. The highest BCUT2D eigenvalue weighted by Crippen LogP contribution is 2.26. The quantitative estimate of drug-likeness (QED) is 0.838. The highest BCUT2D eigenvalue weighted by molar-refractivity contribution is 5.91. The molecule has 1 aliphatic rings. The predicted molar refractivity (Wildman–Crippen MR) is 77.5 cm³/mol. The van der Waals surface area contributed by atoms with Gasteiger partial charge in [0.2, 0.25) is 5.76 Å². The fourth-order valence-electron chi connectivity index (χ4n) is 3.04. The lowest BCUT2D eigenvalue weighted by Gasteiger charge is -2.18. The van der Waals surface area contributed by atoms with Gasteiger partial charge in [-0.3, -0.25) is 4.79 Å². The third-order valence-corrected chi connectivity index (χ3v) is 4.43. The number of carbonyl (C=O) groups excluding carboxylic acids is 1. The fourth-order valence-corrected chi connectivity index (χ4v) is 3.04. The van der Waals surface area contributed by atoms with Crippen LogP contribution in [0.15, 0.2) is 10.6 Å². The van der Waals surface area contributed by atoms with E-state index in [0.717, 1.165) is 37.8 Å². The lowest BCUT2D eigenvalue weighted by atomic mass is 9.99. The van der Waals surface area contributed by atoms with Crippen LogP contribution >= 0.6 is 0 Å². The van der Waals surface area contributed by atoms with Crippen molar-refractivity contribution in [3.8, 4) is 0 Å². The second-order valence-electron chi connectivity index (χ2n) is 5.64. The van der Waals surface area contributed by atoms with Gasteiger partial charge in [-0.05, 0) is 38.1 Å². The van der Waals surface area contributed by atoms with Crippen molar-refractivity contribution in [3.05, 3.63) is 17.5 Å². The van der Waals surface area contributed by atoms with Crippen molar-refractivity contribution in [1.29, 1.82) is 0 Å². The molecule has 1 saturated carbocycles. The molecule has 0 saturated heterocycles. The van der Waals surface area contributed by atoms with Gasteiger partial charge in [-0.2, -0.15) is 0 Å². The first-order valence-electron chi connectivity index (χ1n) is 7.67. The van der Waals surface area contributed by atoms with Crippen molar-refractivity contribution in [1.82, 2.24) is 10.5 Å². The number of nitrogens with one attached hydrogen (secondary N) is 1. The van der Waals surface area contributed by atoms with Crippen molar-refractivity contribution >= 4 is 5.91 Å². The molecule has 0 aromatic carbocycles. The maximum absolute atomic E-state index is 12.2. The molecule has 0 radical (unpaired) electrons. The van der Waals surface area contributed by atoms with Crippen LogP contribution in [0.25, 0.3) is 0 Å². The van der Waals surface area contributed by atoms with E-state index in [4.69, 9.17) is 10.3 Å². The van der Waals surface area contributed by atoms with Gasteiger partial charge in [-0.15, -0.1) is 0 Å². The summed E-state index contributed by atoms with van der Waals surface area (Å²) in [6, 6.07) is 1.95. The van der Waals surface area contributed by atoms with Crippen molar-refractivity contribution < 1.29 is 9.32 Å². The second kappa shape index (κ2) is 6.88. The zero-order chi connectivity index (χ0) is 14.5. The van der Waals surface area contributed by atoms with Gasteiger partial charge in [0.15, 0.2) is 0 Å². The first kappa shape index (κ1) is 15.0. The molecule has 2 unspecified atom stereocenters. The number of nitrogens with two attached hydrogens (primary N) is 1. The van der Waals surface area contributed by atoms with E-state index in [2.05, 4.69) is 24.3 Å². The zero-order valence-corrected chi connectivity index (χ0v) is 12.4. The molecule has 1 aromatic heterocycles. The van der Waals surface area contributed by atoms with E-state index in [1.54, 1.807) is 6.07 Å². The number of amides is 1. The number of rotatable bonds is 6. The number of aromatic nitrogens is 1. The molecule has 1 amide bonds. The standard InChI is InChI=1S/C15H25N3O2/c1-3-10(4-2)13-8-14(20-18-13)15(19)17-12-7-5-6-11(12)9-16/h8,10-12H,3-7,9,16H2,1-2H3,(H,17,19). The summed E-state index contributed by atoms with van der Waals surface area (Å²) in [4.78, 5) is 12.2. The second-order valence-corrected chi connectivity index (χ2v) is 5.64. The summed E-state index contributed by atoms with van der Waals surface area (Å²) >= 11 is 0. The fraction of sp³-hybridized carbons (Fsp3) is 0.733. The van der Waals surface area contributed by atoms with E-state index in [1.807, 2.05) is 0 Å². The Kier molecular flexibility index (Phi) is 5.17. The molecule has 2 atom stereocenters. The molecule has 0 bridgehead atoms. The van der Waals surface area contributed by atoms with E-state index in [9.17, 15) is 4.79 Å². The Balaban J connectivity index is 1.99. The van der Waals surface area contributed by atoms with Gasteiger partial charge in [0.1, 0.15) is 0 Å². The molecule has 5 heteroatoms. The third-order valence-electron chi connectivity index (χ3n) is 4.43. The van der Waals surface area contributed by atoms with E-state index >= 15 is 0 Å². The Morgan fingerprint density at radius 1 is 1.50 bits per heavy atom. The van der Waals surface area contributed by atoms with Crippen molar-refractivity contribution in [2.75, 3.05) is 6.54 Å². The lowest BCUT2D eigenvalue weighted by Crippen LogP contribution is -2.39. The van der Waals surface area contributed by atoms with Crippen LogP contribution in [0.3, 0.4) is 0 Å². The summed E-state index contributed by atoms with van der Waals surface area (Å²) in [6.45, 7) is 4.86. The summed E-state index contributed by atoms with van der Waals surface area (Å²) in [7, 11) is 0. The molecule has 1 aliphatic carbocycles. The van der Waals surface area contributed by atoms with E-state index in [0.29, 0.717) is 24.1 Å². The van der Waals surface area contributed by atoms with Gasteiger partial charge >= 0.3 is 0 Å². The SMILES string of the molecule is CCC(CC)c1cc(C(=O)NC2CCCC2CN)on1. The number of nitrogens with zero attached hydrogens (tertiary/aromatic N) is 1. The normalized spacial score (nSPS) is 22.4. The summed E-state index contributed by atoms with van der Waals surface area (Å²) in [5.41, 5.74) is 6.61. The van der Waals surface area contributed by atoms with Crippen molar-refractivity contribution in [2.24, 2.45) is 11.7 Å². The Hall–Kier alpha value is -1.36. The van der Waals surface area contributed by atoms with Gasteiger partial charge in [-0.1, -0.05) is 25.4 Å². The van der Waals surface area contributed by atoms with Crippen molar-refractivity contribution in [3.63, 3.8) is 0 Å². The molecule has 1 fully saturated rings. The minimum absolute atomic E-state index is 0.167. The molecule has 1 aromatic rings. The molecule has 112 valence electrons. The van der Waals surface area contributed by atoms with Crippen LogP contribution in [0.5, 0.6) is 0 Å². The predicted octanol–water partition coefficient (Wildman–Crippen LogP) is 2.44. The van der Waals surface area contributed by atoms with Gasteiger partial charge in [-0.25, -0.2) is 0 Å². The Labute approximate surface area is 120 Å². The monoisotopic (exact) mass is 279 g/mol. The average molecular weight is 279 g/mol. The van der Waals surface area contributed by atoms with Crippen LogP contribution in [0.4, 0.5) is 0 Å². The van der Waals surface area contributed by atoms with Crippen LogP contribution in [-0.2, 0) is 0 Å². The molecule has 0 aliphatic heterocycles. The third kappa shape index (κ3) is 3.20. The lowest BCUT2D eigenvalue weighted by molar-refractivity contribution is 0.0891. The smallest absolute Gasteiger partial charge is 0.290 e. The van der Waals surface area contributed by atoms with Crippen LogP contribution in [-0.4, -0.2) is 23.7 Å². The minimum atomic E-state index is -0.167. The van der Waals surface area contributed by atoms with Crippen LogP contribution in [0.1, 0.15) is 68.1 Å². The van der Waals surface area contributed by atoms with Crippen LogP contribution in [0, 0.1) is 5.92 Å². The largest absolute Gasteiger partial charge is 0.351 e. The molecule has 5 nitrogen and oxygen atoms in total. The molecule has 0 spiro atoms. The molecule has 20 heavy (non-hydrogen) atoms. The molecule has 1 heterocycles. The maximum Gasteiger partial charge on any atom is 0.290 e. The van der Waals surface area contributed by atoms with Crippen LogP contribution < -0.4 is 11.1 Å². The Morgan fingerprint density at radius 2 is 2.25 bits per heavy atom. The topological polar surface area (TPSA) is 81.2 Å². The van der Waals surface area contributed by atoms with Gasteiger partial charge in [0.05, 0.1) is 5.69 Å². The highest BCUT2D eigenvalue weighted by atomic mass is 16.5. The summed E-state index contributed by atoms with van der Waals surface area (Å²) in [5.74, 6) is 0.901. The summed E-state index contributed by atoms with van der Waals surface area (Å²) < 4.78 is 5.20. The minimum Gasteiger partial charge on any atom is -0.351 e. The summed E-state index contributed by atoms with van der Waals surface area (Å²) in [5, 5.41) is 7.06. The number of carbonyl (C=O) groups is 1. The first-order valence-corrected chi connectivity index (χ1v) is 7.67. The summed E-state index contributed by atoms with van der Waals surface area (Å²) in [6.07, 6.45) is 5.23. The highest BCUT2D eigenvalue weighted by Gasteiger charge is 2.28. The van der Waals surface area contributed by atoms with E-state index < -0.39 is 0 Å². The van der Waals surface area contributed by atoms with Gasteiger partial charge in [0, 0.05) is 18.0 Å². The Bertz CT molecular complexity index is 440. The molecule has 2 rings (SSSR count). The van der Waals surface area contributed by atoms with Crippen LogP contribution in [0.2, 0.25) is 0 Å². The Morgan fingerprint density at radius 3 is 2.90 bits per heavy atom. The van der Waals surface area contributed by atoms with E-state index in [-0.39, 0.29) is 11.9 Å². The zero-order valence-electron chi connectivity index (χ0n) is 12.4. The molecule has 3 N–H and O–H groups in total. The number of hydrogen-bond donors (Lipinski definition) is 2. The average Bonchev–Trinajstić information content (AvgIpc) is 3.09. The molecular weight excluding hydrogens is 254 g/mol. The molecular formula is C15H25N3O2. The number of hydrogen-bond acceptors (Lipinski definition) is 4.